The predicted molar refractivity (Wildman–Crippen MR) is 69.3 cm³/mol. The lowest BCUT2D eigenvalue weighted by molar-refractivity contribution is 1.12. The first-order valence-corrected chi connectivity index (χ1v) is 5.28. The third-order valence-electron chi connectivity index (χ3n) is 2.65. The van der Waals surface area contributed by atoms with Crippen LogP contribution in [-0.2, 0) is 0 Å². The molecule has 0 aromatic heterocycles. The zero-order valence-corrected chi connectivity index (χ0v) is 9.77. The van der Waals surface area contributed by atoms with Crippen LogP contribution in [0.5, 0.6) is 0 Å². The second-order valence-electron chi connectivity index (χ2n) is 4.05. The van der Waals surface area contributed by atoms with Crippen LogP contribution in [0.4, 0.5) is 5.69 Å². The molecule has 2 rings (SSSR count). The summed E-state index contributed by atoms with van der Waals surface area (Å²) < 4.78 is 0. The van der Waals surface area contributed by atoms with Crippen molar-refractivity contribution in [3.63, 3.8) is 0 Å². The fourth-order valence-corrected chi connectivity index (χ4v) is 1.79. The van der Waals surface area contributed by atoms with Gasteiger partial charge in [0.1, 0.15) is 0 Å². The van der Waals surface area contributed by atoms with Crippen LogP contribution in [0, 0.1) is 11.3 Å². The van der Waals surface area contributed by atoms with Crippen molar-refractivity contribution in [2.75, 3.05) is 19.0 Å². The van der Waals surface area contributed by atoms with E-state index in [-0.39, 0.29) is 5.43 Å². The van der Waals surface area contributed by atoms with Gasteiger partial charge in [0.15, 0.2) is 0 Å². The molecule has 0 amide bonds. The van der Waals surface area contributed by atoms with Gasteiger partial charge >= 0.3 is 0 Å². The first-order chi connectivity index (χ1) is 8.13. The van der Waals surface area contributed by atoms with Gasteiger partial charge in [0, 0.05) is 19.5 Å². The van der Waals surface area contributed by atoms with Crippen molar-refractivity contribution in [1.82, 2.24) is 0 Å². The van der Waals surface area contributed by atoms with Crippen LogP contribution in [0.15, 0.2) is 41.2 Å². The smallest absolute Gasteiger partial charge is 0.209 e. The maximum absolute atomic E-state index is 12.3. The van der Waals surface area contributed by atoms with Crippen molar-refractivity contribution in [2.45, 2.75) is 0 Å². The van der Waals surface area contributed by atoms with E-state index in [9.17, 15) is 4.79 Å². The molecule has 0 fully saturated rings. The molecule has 0 aliphatic carbocycles. The largest absolute Gasteiger partial charge is 0.374 e. The highest BCUT2D eigenvalue weighted by Crippen LogP contribution is 2.15. The quantitative estimate of drug-likeness (QED) is 0.745. The van der Waals surface area contributed by atoms with Crippen molar-refractivity contribution in [3.05, 3.63) is 52.2 Å². The van der Waals surface area contributed by atoms with E-state index in [1.165, 1.54) is 0 Å². The average molecular weight is 224 g/mol. The van der Waals surface area contributed by atoms with Gasteiger partial charge < -0.3 is 4.90 Å². The number of hydrogen-bond donors (Lipinski definition) is 0. The highest BCUT2D eigenvalue weighted by atomic mass is 16.1. The molecule has 0 saturated carbocycles. The molecule has 0 N–H and O–H groups in total. The predicted octanol–water partition coefficient (Wildman–Crippen LogP) is 2.14. The van der Waals surface area contributed by atoms with Gasteiger partial charge in [-0.2, -0.15) is 5.26 Å². The second-order valence-corrected chi connectivity index (χ2v) is 4.05. The van der Waals surface area contributed by atoms with Gasteiger partial charge in [0.25, 0.3) is 0 Å². The van der Waals surface area contributed by atoms with Crippen LogP contribution in [0.2, 0.25) is 0 Å². The molecule has 0 aliphatic rings. The fraction of sp³-hybridized carbons (Fsp3) is 0.143. The van der Waals surface area contributed by atoms with Crippen LogP contribution < -0.4 is 10.3 Å². The molecule has 0 heterocycles. The lowest BCUT2D eigenvalue weighted by Gasteiger charge is -2.09. The highest BCUT2D eigenvalue weighted by molar-refractivity contribution is 5.85. The van der Waals surface area contributed by atoms with Crippen LogP contribution >= 0.6 is 0 Å². The van der Waals surface area contributed by atoms with Gasteiger partial charge in [0.2, 0.25) is 5.43 Å². The van der Waals surface area contributed by atoms with E-state index in [0.29, 0.717) is 16.6 Å². The summed E-state index contributed by atoms with van der Waals surface area (Å²) in [4.78, 5) is 14.0. The van der Waals surface area contributed by atoms with E-state index in [2.05, 4.69) is 6.07 Å². The minimum absolute atomic E-state index is 0.0490. The molecule has 17 heavy (non-hydrogen) atoms. The molecule has 2 aromatic carbocycles. The minimum atomic E-state index is -0.0490. The molecule has 0 spiro atoms. The van der Waals surface area contributed by atoms with Gasteiger partial charge in [-0.1, -0.05) is 24.3 Å². The Kier molecular flexibility index (Phi) is 2.80. The Hall–Kier alpha value is -2.34. The van der Waals surface area contributed by atoms with Gasteiger partial charge in [-0.05, 0) is 17.5 Å². The molecule has 0 saturated heterocycles. The first kappa shape index (κ1) is 11.2. The summed E-state index contributed by atoms with van der Waals surface area (Å²) in [6.45, 7) is 0. The van der Waals surface area contributed by atoms with Crippen LogP contribution in [0.3, 0.4) is 0 Å². The Morgan fingerprint density at radius 1 is 1.18 bits per heavy atom. The number of nitriles is 1. The Bertz CT molecular complexity index is 669. The highest BCUT2D eigenvalue weighted by Gasteiger charge is 2.06. The maximum atomic E-state index is 12.3. The fourth-order valence-electron chi connectivity index (χ4n) is 1.79. The summed E-state index contributed by atoms with van der Waals surface area (Å²) >= 11 is 0. The van der Waals surface area contributed by atoms with Crippen molar-refractivity contribution < 1.29 is 0 Å². The lowest BCUT2D eigenvalue weighted by Crippen LogP contribution is -2.17. The molecule has 3 heteroatoms. The van der Waals surface area contributed by atoms with E-state index in [1.807, 2.05) is 18.2 Å². The Balaban J connectivity index is 3.01. The monoisotopic (exact) mass is 224 g/mol. The zero-order valence-electron chi connectivity index (χ0n) is 9.77. The number of fused-ring (bicyclic) bond motifs is 1. The summed E-state index contributed by atoms with van der Waals surface area (Å²) in [7, 11) is 3.60. The summed E-state index contributed by atoms with van der Waals surface area (Å²) in [6.07, 6.45) is 0. The first-order valence-electron chi connectivity index (χ1n) is 5.28. The number of rotatable bonds is 1. The summed E-state index contributed by atoms with van der Waals surface area (Å²) in [6, 6.07) is 12.8. The SMILES string of the molecule is CN(C)c1cc(C#N)cc2ccccc2c1=O. The molecule has 2 aromatic rings. The Morgan fingerprint density at radius 3 is 2.53 bits per heavy atom. The second kappa shape index (κ2) is 4.26. The summed E-state index contributed by atoms with van der Waals surface area (Å²) in [5, 5.41) is 10.5. The van der Waals surface area contributed by atoms with Crippen molar-refractivity contribution in [1.29, 1.82) is 5.26 Å². The molecule has 0 unspecified atom stereocenters. The molecule has 0 atom stereocenters. The minimum Gasteiger partial charge on any atom is -0.374 e. The van der Waals surface area contributed by atoms with Gasteiger partial charge in [-0.25, -0.2) is 0 Å². The number of anilines is 1. The Morgan fingerprint density at radius 2 is 1.88 bits per heavy atom. The number of benzene rings is 1. The van der Waals surface area contributed by atoms with Crippen molar-refractivity contribution >= 4 is 16.5 Å². The van der Waals surface area contributed by atoms with Crippen LogP contribution in [0.25, 0.3) is 10.8 Å². The van der Waals surface area contributed by atoms with E-state index in [0.717, 1.165) is 5.39 Å². The molecule has 84 valence electrons. The number of nitrogens with zero attached hydrogens (tertiary/aromatic N) is 2. The topological polar surface area (TPSA) is 44.1 Å². The average Bonchev–Trinajstić information content (AvgIpc) is 2.47. The summed E-state index contributed by atoms with van der Waals surface area (Å²) in [5.41, 5.74) is 0.974. The molecule has 0 aliphatic heterocycles. The van der Waals surface area contributed by atoms with Gasteiger partial charge in [-0.15, -0.1) is 0 Å². The third kappa shape index (κ3) is 1.98. The van der Waals surface area contributed by atoms with E-state index in [4.69, 9.17) is 5.26 Å². The molecular formula is C14H12N2O. The Labute approximate surface area is 99.5 Å². The molecular weight excluding hydrogens is 212 g/mol. The summed E-state index contributed by atoms with van der Waals surface area (Å²) in [5.74, 6) is 0. The van der Waals surface area contributed by atoms with Crippen molar-refractivity contribution in [3.8, 4) is 6.07 Å². The van der Waals surface area contributed by atoms with Crippen molar-refractivity contribution in [2.24, 2.45) is 0 Å². The standard InChI is InChI=1S/C14H12N2O/c1-16(2)13-8-10(9-15)7-11-5-3-4-6-12(11)14(13)17/h3-8H,1-2H3. The molecule has 0 radical (unpaired) electrons. The van der Waals surface area contributed by atoms with Crippen LogP contribution in [-0.4, -0.2) is 14.1 Å². The molecule has 0 bridgehead atoms. The van der Waals surface area contributed by atoms with Gasteiger partial charge in [-0.3, -0.25) is 4.79 Å². The van der Waals surface area contributed by atoms with Crippen LogP contribution in [0.1, 0.15) is 5.56 Å². The lowest BCUT2D eigenvalue weighted by atomic mass is 10.2. The zero-order chi connectivity index (χ0) is 12.4. The van der Waals surface area contributed by atoms with E-state index < -0.39 is 0 Å². The normalized spacial score (nSPS) is 9.94. The third-order valence-corrected chi connectivity index (χ3v) is 2.65. The number of hydrogen-bond acceptors (Lipinski definition) is 3. The van der Waals surface area contributed by atoms with E-state index in [1.54, 1.807) is 37.2 Å². The maximum Gasteiger partial charge on any atom is 0.209 e. The molecule has 3 nitrogen and oxygen atoms in total. The van der Waals surface area contributed by atoms with Gasteiger partial charge in [0.05, 0.1) is 17.3 Å². The van der Waals surface area contributed by atoms with E-state index >= 15 is 0 Å².